The lowest BCUT2D eigenvalue weighted by molar-refractivity contribution is -0.138. The van der Waals surface area contributed by atoms with Gasteiger partial charge in [-0.15, -0.1) is 0 Å². The third-order valence-corrected chi connectivity index (χ3v) is 5.49. The highest BCUT2D eigenvalue weighted by atomic mass is 127. The molecule has 4 heteroatoms. The standard InChI is InChI=1S/C16H18BrIO2/c1-2-3-9-16(14(19)5-4-6-15(16)20)12-10-11(17)7-8-13(12)18/h7-8,10H,2-6,9H2,1H3. The van der Waals surface area contributed by atoms with Crippen molar-refractivity contribution in [2.75, 3.05) is 0 Å². The van der Waals surface area contributed by atoms with Crippen LogP contribution >= 0.6 is 38.5 Å². The lowest BCUT2D eigenvalue weighted by Gasteiger charge is -2.35. The number of carbonyl (C=O) groups excluding carboxylic acids is 2. The lowest BCUT2D eigenvalue weighted by Crippen LogP contribution is -2.47. The molecule has 1 aliphatic rings. The van der Waals surface area contributed by atoms with Gasteiger partial charge in [0.05, 0.1) is 0 Å². The first-order valence-electron chi connectivity index (χ1n) is 7.04. The van der Waals surface area contributed by atoms with Gasteiger partial charge in [0.1, 0.15) is 5.41 Å². The molecule has 0 amide bonds. The Morgan fingerprint density at radius 3 is 2.50 bits per heavy atom. The van der Waals surface area contributed by atoms with E-state index in [1.807, 2.05) is 18.2 Å². The number of rotatable bonds is 4. The van der Waals surface area contributed by atoms with E-state index < -0.39 is 5.41 Å². The van der Waals surface area contributed by atoms with Crippen LogP contribution in [0.3, 0.4) is 0 Å². The zero-order valence-electron chi connectivity index (χ0n) is 11.5. The van der Waals surface area contributed by atoms with E-state index in [4.69, 9.17) is 0 Å². The first kappa shape index (κ1) is 16.1. The second-order valence-electron chi connectivity index (χ2n) is 5.33. The Kier molecular flexibility index (Phi) is 5.40. The minimum absolute atomic E-state index is 0.109. The summed E-state index contributed by atoms with van der Waals surface area (Å²) < 4.78 is 1.93. The SMILES string of the molecule is CCCCC1(c2cc(Br)ccc2I)C(=O)CCCC1=O. The quantitative estimate of drug-likeness (QED) is 0.489. The summed E-state index contributed by atoms with van der Waals surface area (Å²) in [5, 5.41) is 0. The summed E-state index contributed by atoms with van der Waals surface area (Å²) in [4.78, 5) is 25.3. The fourth-order valence-corrected chi connectivity index (χ4v) is 4.13. The number of carbonyl (C=O) groups is 2. The van der Waals surface area contributed by atoms with Crippen LogP contribution in [-0.4, -0.2) is 11.6 Å². The largest absolute Gasteiger partial charge is 0.298 e. The maximum Gasteiger partial charge on any atom is 0.150 e. The van der Waals surface area contributed by atoms with Gasteiger partial charge in [0.15, 0.2) is 11.6 Å². The second kappa shape index (κ2) is 6.69. The first-order chi connectivity index (χ1) is 9.52. The number of hydrogen-bond donors (Lipinski definition) is 0. The maximum atomic E-state index is 12.7. The Morgan fingerprint density at radius 2 is 1.90 bits per heavy atom. The zero-order valence-corrected chi connectivity index (χ0v) is 15.3. The average molecular weight is 449 g/mol. The third kappa shape index (κ3) is 2.86. The normalized spacial score (nSPS) is 18.4. The summed E-state index contributed by atoms with van der Waals surface area (Å²) in [5.74, 6) is 0.219. The minimum Gasteiger partial charge on any atom is -0.298 e. The van der Waals surface area contributed by atoms with E-state index in [0.717, 1.165) is 26.4 Å². The second-order valence-corrected chi connectivity index (χ2v) is 7.41. The highest BCUT2D eigenvalue weighted by Gasteiger charge is 2.48. The molecule has 2 rings (SSSR count). The number of hydrogen-bond acceptors (Lipinski definition) is 2. The van der Waals surface area contributed by atoms with Crippen molar-refractivity contribution >= 4 is 50.1 Å². The topological polar surface area (TPSA) is 34.1 Å². The fraction of sp³-hybridized carbons (Fsp3) is 0.500. The Bertz CT molecular complexity index is 523. The summed E-state index contributed by atoms with van der Waals surface area (Å²) in [6, 6.07) is 5.89. The predicted octanol–water partition coefficient (Wildman–Crippen LogP) is 4.80. The van der Waals surface area contributed by atoms with Gasteiger partial charge in [-0.1, -0.05) is 35.7 Å². The van der Waals surface area contributed by atoms with E-state index in [1.165, 1.54) is 0 Å². The van der Waals surface area contributed by atoms with Gasteiger partial charge >= 0.3 is 0 Å². The van der Waals surface area contributed by atoms with Crippen molar-refractivity contribution in [3.8, 4) is 0 Å². The van der Waals surface area contributed by atoms with Crippen LogP contribution in [-0.2, 0) is 15.0 Å². The molecule has 0 aliphatic heterocycles. The highest BCUT2D eigenvalue weighted by Crippen LogP contribution is 2.41. The Balaban J connectivity index is 2.58. The molecule has 20 heavy (non-hydrogen) atoms. The number of benzene rings is 1. The van der Waals surface area contributed by atoms with Crippen LogP contribution in [0.15, 0.2) is 22.7 Å². The van der Waals surface area contributed by atoms with Crippen molar-refractivity contribution in [1.82, 2.24) is 0 Å². The van der Waals surface area contributed by atoms with Crippen molar-refractivity contribution in [3.63, 3.8) is 0 Å². The molecular weight excluding hydrogens is 431 g/mol. The summed E-state index contributed by atoms with van der Waals surface area (Å²) in [5.41, 5.74) is 0.00444. The summed E-state index contributed by atoms with van der Waals surface area (Å²) in [6.07, 6.45) is 4.30. The van der Waals surface area contributed by atoms with Gasteiger partial charge in [0.2, 0.25) is 0 Å². The molecule has 0 atom stereocenters. The molecule has 0 radical (unpaired) electrons. The molecule has 1 aromatic carbocycles. The average Bonchev–Trinajstić information content (AvgIpc) is 2.42. The molecule has 0 saturated heterocycles. The highest BCUT2D eigenvalue weighted by molar-refractivity contribution is 14.1. The molecule has 1 aromatic rings. The van der Waals surface area contributed by atoms with Crippen LogP contribution in [0, 0.1) is 3.57 Å². The van der Waals surface area contributed by atoms with Gasteiger partial charge in [0, 0.05) is 20.9 Å². The van der Waals surface area contributed by atoms with Gasteiger partial charge in [-0.25, -0.2) is 0 Å². The molecule has 0 spiro atoms. The van der Waals surface area contributed by atoms with Gasteiger partial charge in [-0.05, 0) is 59.2 Å². The van der Waals surface area contributed by atoms with Crippen LogP contribution < -0.4 is 0 Å². The summed E-state index contributed by atoms with van der Waals surface area (Å²) in [7, 11) is 0. The molecular formula is C16H18BrIO2. The van der Waals surface area contributed by atoms with Crippen LogP contribution in [0.1, 0.15) is 51.0 Å². The van der Waals surface area contributed by atoms with E-state index in [9.17, 15) is 9.59 Å². The number of halogens is 2. The molecule has 0 N–H and O–H groups in total. The van der Waals surface area contributed by atoms with Crippen LogP contribution in [0.4, 0.5) is 0 Å². The molecule has 2 nitrogen and oxygen atoms in total. The van der Waals surface area contributed by atoms with Gasteiger partial charge < -0.3 is 0 Å². The monoisotopic (exact) mass is 448 g/mol. The van der Waals surface area contributed by atoms with E-state index in [2.05, 4.69) is 45.4 Å². The van der Waals surface area contributed by atoms with Crippen molar-refractivity contribution < 1.29 is 9.59 Å². The summed E-state index contributed by atoms with van der Waals surface area (Å²) in [6.45, 7) is 2.09. The molecule has 1 aliphatic carbocycles. The molecule has 0 aromatic heterocycles. The van der Waals surface area contributed by atoms with Gasteiger partial charge in [-0.3, -0.25) is 9.59 Å². The Labute approximate surface area is 142 Å². The molecule has 108 valence electrons. The molecule has 1 saturated carbocycles. The molecule has 0 bridgehead atoms. The Hall–Kier alpha value is -0.230. The minimum atomic E-state index is -0.894. The first-order valence-corrected chi connectivity index (χ1v) is 8.91. The van der Waals surface area contributed by atoms with Gasteiger partial charge in [-0.2, -0.15) is 0 Å². The zero-order chi connectivity index (χ0) is 14.8. The van der Waals surface area contributed by atoms with E-state index >= 15 is 0 Å². The van der Waals surface area contributed by atoms with E-state index in [1.54, 1.807) is 0 Å². The lowest BCUT2D eigenvalue weighted by atomic mass is 9.65. The van der Waals surface area contributed by atoms with Crippen LogP contribution in [0.2, 0.25) is 0 Å². The van der Waals surface area contributed by atoms with E-state index in [0.29, 0.717) is 25.7 Å². The van der Waals surface area contributed by atoms with Crippen molar-refractivity contribution in [2.45, 2.75) is 50.9 Å². The van der Waals surface area contributed by atoms with Crippen molar-refractivity contribution in [3.05, 3.63) is 31.8 Å². The smallest absolute Gasteiger partial charge is 0.150 e. The Morgan fingerprint density at radius 1 is 1.25 bits per heavy atom. The van der Waals surface area contributed by atoms with Crippen molar-refractivity contribution in [1.29, 1.82) is 0 Å². The van der Waals surface area contributed by atoms with Crippen molar-refractivity contribution in [2.24, 2.45) is 0 Å². The number of ketones is 2. The van der Waals surface area contributed by atoms with Gasteiger partial charge in [0.25, 0.3) is 0 Å². The maximum absolute atomic E-state index is 12.7. The molecule has 1 fully saturated rings. The van der Waals surface area contributed by atoms with Crippen LogP contribution in [0.25, 0.3) is 0 Å². The molecule has 0 heterocycles. The van der Waals surface area contributed by atoms with Crippen LogP contribution in [0.5, 0.6) is 0 Å². The number of unbranched alkanes of at least 4 members (excludes halogenated alkanes) is 1. The molecule has 0 unspecified atom stereocenters. The van der Waals surface area contributed by atoms with E-state index in [-0.39, 0.29) is 11.6 Å². The third-order valence-electron chi connectivity index (χ3n) is 4.05. The fourth-order valence-electron chi connectivity index (χ4n) is 2.97. The number of Topliss-reactive ketones (excluding diaryl/α,β-unsaturated/α-hetero) is 2. The summed E-state index contributed by atoms with van der Waals surface area (Å²) >= 11 is 5.71. The predicted molar refractivity (Wildman–Crippen MR) is 91.9 cm³/mol.